The minimum atomic E-state index is -2.84. The second-order valence-electron chi connectivity index (χ2n) is 9.51. The van der Waals surface area contributed by atoms with E-state index in [1.165, 1.54) is 22.3 Å². The van der Waals surface area contributed by atoms with Gasteiger partial charge in [0.2, 0.25) is 5.69 Å². The molecule has 186 valence electrons. The quantitative estimate of drug-likeness (QED) is 0.442. The van der Waals surface area contributed by atoms with Crippen LogP contribution in [0.5, 0.6) is 0 Å². The number of aromatic amines is 2. The van der Waals surface area contributed by atoms with Gasteiger partial charge in [0.15, 0.2) is 17.9 Å². The van der Waals surface area contributed by atoms with Gasteiger partial charge >= 0.3 is 5.69 Å². The number of fused-ring (bicyclic) bond motifs is 2. The van der Waals surface area contributed by atoms with E-state index < -0.39 is 41.6 Å². The lowest BCUT2D eigenvalue weighted by Gasteiger charge is -2.37. The Morgan fingerprint density at radius 1 is 1.50 bits per heavy atom. The number of aromatic nitrogens is 4. The summed E-state index contributed by atoms with van der Waals surface area (Å²) in [6, 6.07) is 0. The second-order valence-corrected chi connectivity index (χ2v) is 16.1. The van der Waals surface area contributed by atoms with E-state index in [9.17, 15) is 9.59 Å². The van der Waals surface area contributed by atoms with Crippen LogP contribution in [-0.4, -0.2) is 48.7 Å². The summed E-state index contributed by atoms with van der Waals surface area (Å²) in [5.41, 5.74) is -2.96. The van der Waals surface area contributed by atoms with Crippen LogP contribution >= 0.6 is 17.1 Å². The Labute approximate surface area is 204 Å². The summed E-state index contributed by atoms with van der Waals surface area (Å²) < 4.78 is 35.7. The molecule has 0 aromatic carbocycles. The zero-order valence-electron chi connectivity index (χ0n) is 19.2. The molecule has 0 radical (unpaired) electrons. The van der Waals surface area contributed by atoms with Crippen LogP contribution in [0.3, 0.4) is 0 Å². The number of alkyl halides is 1. The van der Waals surface area contributed by atoms with E-state index in [-0.39, 0.29) is 22.0 Å². The maximum atomic E-state index is 15.9. The predicted octanol–water partition coefficient (Wildman–Crippen LogP) is 3.94. The van der Waals surface area contributed by atoms with Gasteiger partial charge in [-0.15, -0.1) is 0 Å². The number of nitrogens with one attached hydrogen (secondary N) is 2. The van der Waals surface area contributed by atoms with Gasteiger partial charge < -0.3 is 13.8 Å². The number of nitrogens with zero attached hydrogens (tertiary/aromatic N) is 2. The van der Waals surface area contributed by atoms with Crippen LogP contribution in [0.4, 0.5) is 4.39 Å². The number of ether oxygens (including phenoxy) is 1. The molecule has 2 N–H and O–H groups in total. The highest BCUT2D eigenvalue weighted by Crippen LogP contribution is 2.76. The van der Waals surface area contributed by atoms with Gasteiger partial charge in [-0.1, -0.05) is 30.5 Å². The number of imidazole rings is 1. The van der Waals surface area contributed by atoms with Crippen LogP contribution < -0.4 is 11.2 Å². The van der Waals surface area contributed by atoms with Crippen molar-refractivity contribution in [2.24, 2.45) is 5.92 Å². The Morgan fingerprint density at radius 2 is 2.26 bits per heavy atom. The summed E-state index contributed by atoms with van der Waals surface area (Å²) in [6.07, 6.45) is 0.257. The number of H-pyrrole nitrogens is 2. The average Bonchev–Trinajstić information content (AvgIpc) is 3.39. The number of hydrogen-bond donors (Lipinski definition) is 2. The smallest absolute Gasteiger partial charge is 0.327 e. The first-order chi connectivity index (χ1) is 16.0. The molecule has 0 bridgehead atoms. The molecule has 1 saturated carbocycles. The molecule has 2 aliphatic heterocycles. The second kappa shape index (κ2) is 8.67. The third kappa shape index (κ3) is 4.06. The van der Waals surface area contributed by atoms with Crippen LogP contribution in [0.25, 0.3) is 11.2 Å². The molecule has 0 unspecified atom stereocenters. The molecule has 2 aromatic heterocycles. The van der Waals surface area contributed by atoms with E-state index in [0.29, 0.717) is 12.3 Å². The lowest BCUT2D eigenvalue weighted by molar-refractivity contribution is -0.0224. The molecule has 2 saturated heterocycles. The highest BCUT2D eigenvalue weighted by atomic mass is 32.9. The van der Waals surface area contributed by atoms with Crippen molar-refractivity contribution in [1.82, 2.24) is 19.5 Å². The van der Waals surface area contributed by atoms with Gasteiger partial charge in [-0.05, 0) is 57.3 Å². The first-order valence-corrected chi connectivity index (χ1v) is 15.4. The standard InChI is InChI=1S/C21H28FN4O5PS2/c1-5-12-16(31-32(33)30-13-8-11(10(2)3)6-7-21(13,4)34-32)14(22)19(29-12)26-9-23-15-17(26)24-20(28)25-18(15)27/h9,11-14,16,19H,2,5-8H2,1,3-4H3,(H2,24,25,27,28)/t11-,12-,13+,14-,16-,19-,21+,32-/m1/s1. The van der Waals surface area contributed by atoms with Gasteiger partial charge in [-0.25, -0.2) is 14.2 Å². The van der Waals surface area contributed by atoms with E-state index in [4.69, 9.17) is 25.6 Å². The maximum absolute atomic E-state index is 15.9. The third-order valence-corrected chi connectivity index (χ3v) is 12.9. The molecular weight excluding hydrogens is 502 g/mol. The van der Waals surface area contributed by atoms with Gasteiger partial charge in [0.25, 0.3) is 5.56 Å². The summed E-state index contributed by atoms with van der Waals surface area (Å²) in [5, 5.41) is 0. The van der Waals surface area contributed by atoms with Gasteiger partial charge in [0, 0.05) is 4.75 Å². The van der Waals surface area contributed by atoms with Crippen molar-refractivity contribution < 1.29 is 18.2 Å². The normalized spacial score (nSPS) is 40.0. The molecule has 2 aromatic rings. The Kier molecular flexibility index (Phi) is 6.22. The van der Waals surface area contributed by atoms with Crippen LogP contribution in [0.15, 0.2) is 28.1 Å². The van der Waals surface area contributed by atoms with Gasteiger partial charge in [0.1, 0.15) is 11.8 Å². The van der Waals surface area contributed by atoms with E-state index >= 15 is 4.39 Å². The molecule has 3 fully saturated rings. The van der Waals surface area contributed by atoms with Crippen molar-refractivity contribution >= 4 is 40.0 Å². The molecular formula is C21H28FN4O5PS2. The molecule has 1 aliphatic carbocycles. The zero-order valence-corrected chi connectivity index (χ0v) is 21.7. The van der Waals surface area contributed by atoms with Crippen LogP contribution in [0.1, 0.15) is 52.7 Å². The fourth-order valence-electron chi connectivity index (χ4n) is 5.10. The van der Waals surface area contributed by atoms with Crippen molar-refractivity contribution in [2.75, 3.05) is 0 Å². The molecule has 4 heterocycles. The van der Waals surface area contributed by atoms with Gasteiger partial charge in [-0.2, -0.15) is 0 Å². The Hall–Kier alpha value is -1.30. The fraction of sp³-hybridized carbons (Fsp3) is 0.667. The zero-order chi connectivity index (χ0) is 24.4. The van der Waals surface area contributed by atoms with Gasteiger partial charge in [-0.3, -0.25) is 19.3 Å². The molecule has 0 amide bonds. The molecule has 9 nitrogen and oxygen atoms in total. The number of hydrogen-bond acceptors (Lipinski definition) is 8. The largest absolute Gasteiger partial charge is 0.349 e. The fourth-order valence-corrected chi connectivity index (χ4v) is 12.6. The Morgan fingerprint density at radius 3 is 2.97 bits per heavy atom. The number of halogens is 1. The minimum absolute atomic E-state index is 0.00111. The van der Waals surface area contributed by atoms with Crippen molar-refractivity contribution in [1.29, 1.82) is 0 Å². The Bertz CT molecular complexity index is 1300. The molecule has 13 heteroatoms. The number of rotatable bonds is 5. The number of allylic oxidation sites excluding steroid dienone is 1. The molecule has 34 heavy (non-hydrogen) atoms. The predicted molar refractivity (Wildman–Crippen MR) is 132 cm³/mol. The first kappa shape index (κ1) is 24.4. The first-order valence-electron chi connectivity index (χ1n) is 11.4. The van der Waals surface area contributed by atoms with Crippen molar-refractivity contribution in [3.05, 3.63) is 39.3 Å². The van der Waals surface area contributed by atoms with Gasteiger partial charge in [0.05, 0.1) is 18.5 Å². The van der Waals surface area contributed by atoms with Crippen LogP contribution in [0, 0.1) is 5.92 Å². The lowest BCUT2D eigenvalue weighted by atomic mass is 9.77. The SMILES string of the molecule is C=C(C)[C@@H]1CC[C@]2(C)S[P@@](=S)(O[C@H]3[C@@H](F)[C@H](n4cnc5c(=O)[nH]c(=O)[nH]c54)O[C@@H]3CC)O[C@H]2C1. The summed E-state index contributed by atoms with van der Waals surface area (Å²) >= 11 is 7.41. The molecule has 0 spiro atoms. The topological polar surface area (TPSA) is 111 Å². The highest BCUT2D eigenvalue weighted by molar-refractivity contribution is 8.68. The summed E-state index contributed by atoms with van der Waals surface area (Å²) in [6.45, 7) is 10.2. The van der Waals surface area contributed by atoms with Crippen molar-refractivity contribution in [3.63, 3.8) is 0 Å². The van der Waals surface area contributed by atoms with Crippen LogP contribution in [-0.2, 0) is 25.6 Å². The maximum Gasteiger partial charge on any atom is 0.327 e. The summed E-state index contributed by atoms with van der Waals surface area (Å²) in [4.78, 5) is 32.5. The van der Waals surface area contributed by atoms with E-state index in [0.717, 1.165) is 24.8 Å². The third-order valence-electron chi connectivity index (χ3n) is 7.10. The van der Waals surface area contributed by atoms with E-state index in [1.807, 2.05) is 13.8 Å². The molecule has 8 atom stereocenters. The summed E-state index contributed by atoms with van der Waals surface area (Å²) in [7, 11) is 0. The van der Waals surface area contributed by atoms with Crippen molar-refractivity contribution in [2.45, 2.75) is 81.9 Å². The lowest BCUT2D eigenvalue weighted by Crippen LogP contribution is -2.39. The average molecular weight is 531 g/mol. The van der Waals surface area contributed by atoms with Crippen LogP contribution in [0.2, 0.25) is 0 Å². The monoisotopic (exact) mass is 530 g/mol. The Balaban J connectivity index is 1.40. The van der Waals surface area contributed by atoms with Crippen molar-refractivity contribution in [3.8, 4) is 0 Å². The molecule has 5 rings (SSSR count). The minimum Gasteiger partial charge on any atom is -0.349 e. The summed E-state index contributed by atoms with van der Waals surface area (Å²) in [5.74, 6) is 0.386. The van der Waals surface area contributed by atoms with E-state index in [2.05, 4.69) is 28.5 Å². The van der Waals surface area contributed by atoms with E-state index in [1.54, 1.807) is 0 Å². The highest BCUT2D eigenvalue weighted by Gasteiger charge is 2.56. The molecule has 3 aliphatic rings.